The molecule has 1 saturated heterocycles. The van der Waals surface area contributed by atoms with Gasteiger partial charge in [-0.25, -0.2) is 8.78 Å². The molecule has 0 saturated carbocycles. The normalized spacial score (nSPS) is 23.4. The Morgan fingerprint density at radius 1 is 1.37 bits per heavy atom. The molecule has 1 aromatic carbocycles. The lowest BCUT2D eigenvalue weighted by molar-refractivity contribution is -0.164. The number of halogens is 2. The molecule has 1 atom stereocenters. The van der Waals surface area contributed by atoms with Gasteiger partial charge in [-0.3, -0.25) is 9.59 Å². The highest BCUT2D eigenvalue weighted by molar-refractivity contribution is 6.04. The molecule has 0 amide bonds. The quantitative estimate of drug-likeness (QED) is 0.847. The van der Waals surface area contributed by atoms with Gasteiger partial charge in [0.1, 0.15) is 11.6 Å². The van der Waals surface area contributed by atoms with Crippen LogP contribution in [0.25, 0.3) is 0 Å². The monoisotopic (exact) mass is 270 g/mol. The van der Waals surface area contributed by atoms with Gasteiger partial charge in [-0.1, -0.05) is 6.07 Å². The number of hydrogen-bond acceptors (Lipinski definition) is 3. The Morgan fingerprint density at radius 3 is 2.53 bits per heavy atom. The lowest BCUT2D eigenvalue weighted by Gasteiger charge is -2.31. The summed E-state index contributed by atoms with van der Waals surface area (Å²) in [6.45, 7) is -0.234. The van der Waals surface area contributed by atoms with Crippen molar-refractivity contribution in [3.05, 3.63) is 35.4 Å². The number of benzene rings is 1. The summed E-state index contributed by atoms with van der Waals surface area (Å²) in [5, 5.41) is 9.26. The molecule has 1 heterocycles. The van der Waals surface area contributed by atoms with E-state index in [1.165, 1.54) is 6.07 Å². The number of hydrogen-bond donors (Lipinski definition) is 1. The van der Waals surface area contributed by atoms with Crippen LogP contribution >= 0.6 is 0 Å². The van der Waals surface area contributed by atoms with Gasteiger partial charge in [0.15, 0.2) is 11.2 Å². The minimum atomic E-state index is -1.90. The van der Waals surface area contributed by atoms with Crippen molar-refractivity contribution in [3.63, 3.8) is 0 Å². The zero-order valence-corrected chi connectivity index (χ0v) is 9.99. The average Bonchev–Trinajstić information content (AvgIpc) is 2.36. The van der Waals surface area contributed by atoms with Gasteiger partial charge >= 0.3 is 5.97 Å². The molecule has 102 valence electrons. The van der Waals surface area contributed by atoms with Gasteiger partial charge in [0, 0.05) is 18.4 Å². The third-order valence-electron chi connectivity index (χ3n) is 3.31. The minimum absolute atomic E-state index is 0.0671. The molecule has 4 nitrogen and oxygen atoms in total. The van der Waals surface area contributed by atoms with E-state index in [2.05, 4.69) is 0 Å². The van der Waals surface area contributed by atoms with E-state index in [9.17, 15) is 23.5 Å². The fourth-order valence-electron chi connectivity index (χ4n) is 2.14. The van der Waals surface area contributed by atoms with Gasteiger partial charge in [-0.05, 0) is 12.1 Å². The molecule has 0 aromatic heterocycles. The smallest absolute Gasteiger partial charge is 0.319 e. The number of Topliss-reactive ketones (excluding diaryl/α,β-unsaturated/α-hetero) is 1. The van der Waals surface area contributed by atoms with Crippen LogP contribution in [0, 0.1) is 17.0 Å². The Labute approximate surface area is 108 Å². The van der Waals surface area contributed by atoms with Gasteiger partial charge in [0.05, 0.1) is 13.2 Å². The van der Waals surface area contributed by atoms with Crippen molar-refractivity contribution in [2.24, 2.45) is 5.41 Å². The molecule has 1 aromatic rings. The van der Waals surface area contributed by atoms with E-state index in [-0.39, 0.29) is 19.6 Å². The zero-order valence-electron chi connectivity index (χ0n) is 9.99. The maximum atomic E-state index is 13.6. The first kappa shape index (κ1) is 13.6. The SMILES string of the molecule is O=C(O)C1(Cc2c(F)cccc2F)COCCC1=O. The van der Waals surface area contributed by atoms with Gasteiger partial charge < -0.3 is 9.84 Å². The van der Waals surface area contributed by atoms with Crippen LogP contribution in [-0.2, 0) is 20.7 Å². The zero-order chi connectivity index (χ0) is 14.0. The van der Waals surface area contributed by atoms with Gasteiger partial charge in [-0.2, -0.15) is 0 Å². The van der Waals surface area contributed by atoms with E-state index in [4.69, 9.17) is 4.74 Å². The number of rotatable bonds is 3. The van der Waals surface area contributed by atoms with Crippen LogP contribution in [0.1, 0.15) is 12.0 Å². The molecule has 0 aliphatic carbocycles. The topological polar surface area (TPSA) is 63.6 Å². The molecule has 1 fully saturated rings. The fourth-order valence-corrected chi connectivity index (χ4v) is 2.14. The number of aliphatic carboxylic acids is 1. The van der Waals surface area contributed by atoms with E-state index in [1.54, 1.807) is 0 Å². The third-order valence-corrected chi connectivity index (χ3v) is 3.31. The number of carbonyl (C=O) groups excluding carboxylic acids is 1. The number of carboxylic acid groups (broad SMARTS) is 1. The van der Waals surface area contributed by atoms with Crippen LogP contribution in [0.5, 0.6) is 0 Å². The van der Waals surface area contributed by atoms with Crippen molar-refractivity contribution in [3.8, 4) is 0 Å². The standard InChI is InChI=1S/C13H12F2O4/c14-9-2-1-3-10(15)8(9)6-13(12(17)18)7-19-5-4-11(13)16/h1-3H,4-7H2,(H,17,18). The first-order chi connectivity index (χ1) is 8.97. The highest BCUT2D eigenvalue weighted by Gasteiger charge is 2.48. The summed E-state index contributed by atoms with van der Waals surface area (Å²) in [6.07, 6.45) is -0.609. The Bertz CT molecular complexity index is 509. The lowest BCUT2D eigenvalue weighted by Crippen LogP contribution is -2.49. The van der Waals surface area contributed by atoms with E-state index < -0.39 is 40.8 Å². The van der Waals surface area contributed by atoms with Crippen molar-refractivity contribution in [2.75, 3.05) is 13.2 Å². The van der Waals surface area contributed by atoms with Crippen molar-refractivity contribution in [2.45, 2.75) is 12.8 Å². The van der Waals surface area contributed by atoms with E-state index >= 15 is 0 Å². The second-order valence-electron chi connectivity index (χ2n) is 4.49. The molecule has 1 aliphatic rings. The summed E-state index contributed by atoms with van der Waals surface area (Å²) in [4.78, 5) is 23.2. The van der Waals surface area contributed by atoms with E-state index in [1.807, 2.05) is 0 Å². The Morgan fingerprint density at radius 2 is 2.00 bits per heavy atom. The molecule has 2 rings (SSSR count). The maximum Gasteiger partial charge on any atom is 0.319 e. The van der Waals surface area contributed by atoms with Crippen LogP contribution < -0.4 is 0 Å². The number of carbonyl (C=O) groups is 2. The van der Waals surface area contributed by atoms with Gasteiger partial charge in [0.25, 0.3) is 0 Å². The number of ether oxygens (including phenoxy) is 1. The van der Waals surface area contributed by atoms with Crippen molar-refractivity contribution in [1.82, 2.24) is 0 Å². The van der Waals surface area contributed by atoms with Crippen molar-refractivity contribution < 1.29 is 28.2 Å². The summed E-state index contributed by atoms with van der Waals surface area (Å²) in [6, 6.07) is 3.24. The molecule has 6 heteroatoms. The Kier molecular flexibility index (Phi) is 3.61. The summed E-state index contributed by atoms with van der Waals surface area (Å²) in [5.74, 6) is -3.70. The van der Waals surface area contributed by atoms with Crippen LogP contribution in [0.15, 0.2) is 18.2 Å². The second-order valence-corrected chi connectivity index (χ2v) is 4.49. The van der Waals surface area contributed by atoms with Crippen molar-refractivity contribution >= 4 is 11.8 Å². The van der Waals surface area contributed by atoms with E-state index in [0.29, 0.717) is 0 Å². The number of ketones is 1. The molecular weight excluding hydrogens is 258 g/mol. The van der Waals surface area contributed by atoms with Crippen LogP contribution in [0.4, 0.5) is 8.78 Å². The maximum absolute atomic E-state index is 13.6. The second kappa shape index (κ2) is 5.05. The van der Waals surface area contributed by atoms with Crippen molar-refractivity contribution in [1.29, 1.82) is 0 Å². The summed E-state index contributed by atoms with van der Waals surface area (Å²) >= 11 is 0. The molecule has 0 radical (unpaired) electrons. The van der Waals surface area contributed by atoms with Gasteiger partial charge in [-0.15, -0.1) is 0 Å². The first-order valence-corrected chi connectivity index (χ1v) is 5.75. The highest BCUT2D eigenvalue weighted by Crippen LogP contribution is 2.32. The predicted octanol–water partition coefficient (Wildman–Crippen LogP) is 1.57. The summed E-state index contributed by atoms with van der Waals surface area (Å²) < 4.78 is 32.2. The molecule has 1 N–H and O–H groups in total. The van der Waals surface area contributed by atoms with E-state index in [0.717, 1.165) is 12.1 Å². The number of carboxylic acids is 1. The molecule has 1 unspecified atom stereocenters. The third kappa shape index (κ3) is 2.35. The van der Waals surface area contributed by atoms with Crippen LogP contribution in [-0.4, -0.2) is 30.1 Å². The summed E-state index contributed by atoms with van der Waals surface area (Å²) in [5.41, 5.74) is -2.30. The predicted molar refractivity (Wildman–Crippen MR) is 60.6 cm³/mol. The molecule has 0 spiro atoms. The Balaban J connectivity index is 2.42. The molecular formula is C13H12F2O4. The fraction of sp³-hybridized carbons (Fsp3) is 0.385. The van der Waals surface area contributed by atoms with Gasteiger partial charge in [0.2, 0.25) is 0 Å². The average molecular weight is 270 g/mol. The summed E-state index contributed by atoms with van der Waals surface area (Å²) in [7, 11) is 0. The molecule has 19 heavy (non-hydrogen) atoms. The highest BCUT2D eigenvalue weighted by atomic mass is 19.1. The lowest BCUT2D eigenvalue weighted by atomic mass is 9.76. The van der Waals surface area contributed by atoms with Crippen LogP contribution in [0.2, 0.25) is 0 Å². The molecule has 0 bridgehead atoms. The molecule has 1 aliphatic heterocycles. The van der Waals surface area contributed by atoms with Crippen LogP contribution in [0.3, 0.4) is 0 Å². The minimum Gasteiger partial charge on any atom is -0.480 e. The largest absolute Gasteiger partial charge is 0.480 e. The Hall–Kier alpha value is -1.82. The first-order valence-electron chi connectivity index (χ1n) is 5.75.